The van der Waals surface area contributed by atoms with Crippen LogP contribution in [-0.2, 0) is 12.8 Å². The van der Waals surface area contributed by atoms with E-state index >= 15 is 0 Å². The lowest BCUT2D eigenvalue weighted by atomic mass is 9.92. The molecule has 0 aliphatic heterocycles. The fourth-order valence-electron chi connectivity index (χ4n) is 5.03. The molecule has 38 heavy (non-hydrogen) atoms. The summed E-state index contributed by atoms with van der Waals surface area (Å²) in [5.41, 5.74) is 6.04. The number of carbonyl (C=O) groups excluding carboxylic acids is 1. The summed E-state index contributed by atoms with van der Waals surface area (Å²) in [6, 6.07) is 19.8. The topological polar surface area (TPSA) is 91.8 Å². The van der Waals surface area contributed by atoms with Crippen LogP contribution in [0.5, 0.6) is 0 Å². The minimum atomic E-state index is -0.371. The van der Waals surface area contributed by atoms with Gasteiger partial charge in [0.2, 0.25) is 0 Å². The Bertz CT molecular complexity index is 1650. The van der Waals surface area contributed by atoms with Crippen LogP contribution in [0, 0.1) is 5.82 Å². The predicted molar refractivity (Wildman–Crippen MR) is 148 cm³/mol. The van der Waals surface area contributed by atoms with Crippen LogP contribution in [0.2, 0.25) is 0 Å². The summed E-state index contributed by atoms with van der Waals surface area (Å²) in [4.78, 5) is 26.4. The Balaban J connectivity index is 1.14. The zero-order valence-corrected chi connectivity index (χ0v) is 20.8. The van der Waals surface area contributed by atoms with E-state index < -0.39 is 0 Å². The average Bonchev–Trinajstić information content (AvgIpc) is 2.95. The summed E-state index contributed by atoms with van der Waals surface area (Å²) < 4.78 is 14.1. The van der Waals surface area contributed by atoms with Crippen LogP contribution in [-0.4, -0.2) is 33.9 Å². The summed E-state index contributed by atoms with van der Waals surface area (Å²) in [5.74, 6) is -0.0779. The van der Waals surface area contributed by atoms with Gasteiger partial charge in [0.25, 0.3) is 5.91 Å². The number of nitrogens with one attached hydrogen (secondary N) is 3. The van der Waals surface area contributed by atoms with Gasteiger partial charge in [-0.25, -0.2) is 14.4 Å². The van der Waals surface area contributed by atoms with Gasteiger partial charge < -0.3 is 16.0 Å². The maximum absolute atomic E-state index is 14.1. The van der Waals surface area contributed by atoms with Gasteiger partial charge in [0, 0.05) is 40.8 Å². The van der Waals surface area contributed by atoms with Crippen LogP contribution in [0.25, 0.3) is 21.8 Å². The number of nitrogens with zero attached hydrogens (tertiary/aromatic N) is 3. The SMILES string of the molecule is O=C(NCCNc1c2c(nc3ccccc13)CCCC2)c1ccc2c(Nc3ccccc3F)ncnc2c1. The summed E-state index contributed by atoms with van der Waals surface area (Å²) in [7, 11) is 0. The predicted octanol–water partition coefficient (Wildman–Crippen LogP) is 5.78. The highest BCUT2D eigenvalue weighted by Gasteiger charge is 2.18. The van der Waals surface area contributed by atoms with Gasteiger partial charge >= 0.3 is 0 Å². The number of hydrogen-bond acceptors (Lipinski definition) is 6. The van der Waals surface area contributed by atoms with E-state index in [9.17, 15) is 9.18 Å². The molecule has 0 spiro atoms. The van der Waals surface area contributed by atoms with E-state index in [4.69, 9.17) is 4.98 Å². The molecule has 3 N–H and O–H groups in total. The van der Waals surface area contributed by atoms with Crippen molar-refractivity contribution in [2.75, 3.05) is 23.7 Å². The number of benzene rings is 3. The van der Waals surface area contributed by atoms with Crippen LogP contribution in [0.3, 0.4) is 0 Å². The second-order valence-electron chi connectivity index (χ2n) is 9.38. The third kappa shape index (κ3) is 4.72. The fourth-order valence-corrected chi connectivity index (χ4v) is 5.03. The molecule has 8 heteroatoms. The first-order chi connectivity index (χ1) is 18.7. The number of para-hydroxylation sites is 2. The van der Waals surface area contributed by atoms with Crippen molar-refractivity contribution in [2.45, 2.75) is 25.7 Å². The molecule has 0 radical (unpaired) electrons. The minimum absolute atomic E-state index is 0.183. The van der Waals surface area contributed by atoms with E-state index in [0.717, 1.165) is 29.4 Å². The molecule has 7 nitrogen and oxygen atoms in total. The van der Waals surface area contributed by atoms with Crippen molar-refractivity contribution < 1.29 is 9.18 Å². The second-order valence-corrected chi connectivity index (χ2v) is 9.38. The third-order valence-electron chi connectivity index (χ3n) is 6.91. The molecule has 6 rings (SSSR count). The average molecular weight is 507 g/mol. The quantitative estimate of drug-likeness (QED) is 0.242. The lowest BCUT2D eigenvalue weighted by Gasteiger charge is -2.21. The molecular weight excluding hydrogens is 479 g/mol. The van der Waals surface area contributed by atoms with Gasteiger partial charge in [-0.3, -0.25) is 9.78 Å². The van der Waals surface area contributed by atoms with Gasteiger partial charge in [0.15, 0.2) is 0 Å². The highest BCUT2D eigenvalue weighted by atomic mass is 19.1. The molecule has 5 aromatic rings. The van der Waals surface area contributed by atoms with Crippen LogP contribution in [0.1, 0.15) is 34.5 Å². The third-order valence-corrected chi connectivity index (χ3v) is 6.91. The minimum Gasteiger partial charge on any atom is -0.382 e. The van der Waals surface area contributed by atoms with Crippen molar-refractivity contribution in [1.29, 1.82) is 0 Å². The van der Waals surface area contributed by atoms with Crippen LogP contribution in [0.15, 0.2) is 73.1 Å². The lowest BCUT2D eigenvalue weighted by molar-refractivity contribution is 0.0955. The summed E-state index contributed by atoms with van der Waals surface area (Å²) >= 11 is 0. The number of fused-ring (bicyclic) bond motifs is 3. The molecule has 0 unspecified atom stereocenters. The zero-order valence-electron chi connectivity index (χ0n) is 20.8. The normalized spacial score (nSPS) is 12.8. The van der Waals surface area contributed by atoms with Gasteiger partial charge in [-0.15, -0.1) is 0 Å². The highest BCUT2D eigenvalue weighted by Crippen LogP contribution is 2.33. The number of halogens is 1. The van der Waals surface area contributed by atoms with Crippen molar-refractivity contribution in [3.63, 3.8) is 0 Å². The Labute approximate surface area is 219 Å². The van der Waals surface area contributed by atoms with E-state index in [0.29, 0.717) is 41.1 Å². The first kappa shape index (κ1) is 23.8. The Hall–Kier alpha value is -4.59. The van der Waals surface area contributed by atoms with Gasteiger partial charge in [0.05, 0.1) is 16.7 Å². The molecule has 0 saturated carbocycles. The van der Waals surface area contributed by atoms with Crippen molar-refractivity contribution in [1.82, 2.24) is 20.3 Å². The molecule has 190 valence electrons. The van der Waals surface area contributed by atoms with Crippen molar-refractivity contribution in [3.05, 3.63) is 95.7 Å². The number of rotatable bonds is 7. The van der Waals surface area contributed by atoms with E-state index in [1.807, 2.05) is 12.1 Å². The molecule has 0 saturated heterocycles. The van der Waals surface area contributed by atoms with E-state index in [2.05, 4.69) is 38.1 Å². The number of pyridine rings is 1. The van der Waals surface area contributed by atoms with Crippen LogP contribution >= 0.6 is 0 Å². The largest absolute Gasteiger partial charge is 0.382 e. The first-order valence-electron chi connectivity index (χ1n) is 12.9. The van der Waals surface area contributed by atoms with Crippen molar-refractivity contribution >= 4 is 44.9 Å². The van der Waals surface area contributed by atoms with Crippen LogP contribution < -0.4 is 16.0 Å². The number of anilines is 3. The maximum Gasteiger partial charge on any atom is 0.251 e. The lowest BCUT2D eigenvalue weighted by Crippen LogP contribution is -2.29. The second kappa shape index (κ2) is 10.4. The van der Waals surface area contributed by atoms with Crippen molar-refractivity contribution in [2.24, 2.45) is 0 Å². The number of carbonyl (C=O) groups is 1. The molecular formula is C30H27FN6O. The van der Waals surface area contributed by atoms with Gasteiger partial charge in [-0.1, -0.05) is 30.3 Å². The molecule has 1 aliphatic carbocycles. The Morgan fingerprint density at radius 2 is 1.71 bits per heavy atom. The standard InChI is InChI=1S/C30H27FN6O/c31-23-9-3-6-12-26(23)37-29-22-14-13-19(17-27(22)34-18-35-29)30(38)33-16-15-32-28-20-7-1-4-10-24(20)36-25-11-5-2-8-21(25)28/h1,3-4,6-7,9-10,12-14,17-18H,2,5,8,11,15-16H2,(H,32,36)(H,33,38)(H,34,35,37). The van der Waals surface area contributed by atoms with E-state index in [1.165, 1.54) is 36.5 Å². The highest BCUT2D eigenvalue weighted by molar-refractivity contribution is 6.00. The molecule has 1 aliphatic rings. The number of aromatic nitrogens is 3. The first-order valence-corrected chi connectivity index (χ1v) is 12.9. The molecule has 2 heterocycles. The molecule has 0 atom stereocenters. The van der Waals surface area contributed by atoms with E-state index in [-0.39, 0.29) is 11.7 Å². The molecule has 0 bridgehead atoms. The summed E-state index contributed by atoms with van der Waals surface area (Å²) in [6.45, 7) is 1.06. The Kier molecular flexibility index (Phi) is 6.52. The molecule has 2 aromatic heterocycles. The molecule has 3 aromatic carbocycles. The fraction of sp³-hybridized carbons (Fsp3) is 0.200. The van der Waals surface area contributed by atoms with Crippen LogP contribution in [0.4, 0.5) is 21.6 Å². The Morgan fingerprint density at radius 3 is 2.63 bits per heavy atom. The van der Waals surface area contributed by atoms with E-state index in [1.54, 1.807) is 36.4 Å². The van der Waals surface area contributed by atoms with Gasteiger partial charge in [-0.05, 0) is 67.6 Å². The van der Waals surface area contributed by atoms with Crippen molar-refractivity contribution in [3.8, 4) is 0 Å². The zero-order chi connectivity index (χ0) is 25.9. The van der Waals surface area contributed by atoms with Gasteiger partial charge in [0.1, 0.15) is 18.0 Å². The maximum atomic E-state index is 14.1. The Morgan fingerprint density at radius 1 is 0.868 bits per heavy atom. The molecule has 1 amide bonds. The summed E-state index contributed by atoms with van der Waals surface area (Å²) in [6.07, 6.45) is 5.77. The smallest absolute Gasteiger partial charge is 0.251 e. The number of hydrogen-bond donors (Lipinski definition) is 3. The number of aryl methyl sites for hydroxylation is 1. The molecule has 0 fully saturated rings. The monoisotopic (exact) mass is 506 g/mol. The van der Waals surface area contributed by atoms with Gasteiger partial charge in [-0.2, -0.15) is 0 Å². The number of amides is 1. The summed E-state index contributed by atoms with van der Waals surface area (Å²) in [5, 5.41) is 11.4.